The van der Waals surface area contributed by atoms with Crippen LogP contribution in [0.1, 0.15) is 34.5 Å². The van der Waals surface area contributed by atoms with Crippen LogP contribution in [0.2, 0.25) is 0 Å². The molecule has 0 bridgehead atoms. The summed E-state index contributed by atoms with van der Waals surface area (Å²) in [5.74, 6) is -0.904. The van der Waals surface area contributed by atoms with E-state index in [1.54, 1.807) is 0 Å². The number of carbonyl (C=O) groups is 1. The molecule has 0 saturated heterocycles. The van der Waals surface area contributed by atoms with Crippen molar-refractivity contribution in [3.8, 4) is 0 Å². The van der Waals surface area contributed by atoms with Gasteiger partial charge in [0.05, 0.1) is 11.7 Å². The van der Waals surface area contributed by atoms with Crippen molar-refractivity contribution in [3.63, 3.8) is 0 Å². The predicted molar refractivity (Wildman–Crippen MR) is 77.9 cm³/mol. The Labute approximate surface area is 117 Å². The summed E-state index contributed by atoms with van der Waals surface area (Å²) in [7, 11) is 0. The summed E-state index contributed by atoms with van der Waals surface area (Å²) in [6.07, 6.45) is 0. The minimum atomic E-state index is -0.583. The van der Waals surface area contributed by atoms with Gasteiger partial charge in [-0.15, -0.1) is 0 Å². The topological polar surface area (TPSA) is 55.1 Å². The van der Waals surface area contributed by atoms with Crippen molar-refractivity contribution < 1.29 is 9.18 Å². The number of hydrogen-bond acceptors (Lipinski definition) is 2. The highest BCUT2D eigenvalue weighted by atomic mass is 19.1. The van der Waals surface area contributed by atoms with Gasteiger partial charge in [0.25, 0.3) is 5.91 Å². The van der Waals surface area contributed by atoms with Gasteiger partial charge in [-0.05, 0) is 37.6 Å². The van der Waals surface area contributed by atoms with Gasteiger partial charge in [0.1, 0.15) is 5.82 Å². The van der Waals surface area contributed by atoms with E-state index in [1.165, 1.54) is 12.1 Å². The maximum absolute atomic E-state index is 13.3. The molecule has 0 saturated carbocycles. The van der Waals surface area contributed by atoms with Crippen molar-refractivity contribution in [2.45, 2.75) is 19.9 Å². The molecule has 0 heterocycles. The Kier molecular flexibility index (Phi) is 4.03. The number of carbonyl (C=O) groups excluding carboxylic acids is 1. The molecule has 0 aliphatic heterocycles. The smallest absolute Gasteiger partial charge is 0.251 e. The molecule has 20 heavy (non-hydrogen) atoms. The number of anilines is 1. The van der Waals surface area contributed by atoms with Gasteiger partial charge in [-0.2, -0.15) is 0 Å². The van der Waals surface area contributed by atoms with Crippen molar-refractivity contribution in [2.75, 3.05) is 5.73 Å². The largest absolute Gasteiger partial charge is 0.396 e. The van der Waals surface area contributed by atoms with E-state index in [2.05, 4.69) is 5.32 Å². The van der Waals surface area contributed by atoms with Gasteiger partial charge in [-0.3, -0.25) is 4.79 Å². The van der Waals surface area contributed by atoms with Crippen LogP contribution in [0.15, 0.2) is 42.5 Å². The zero-order valence-electron chi connectivity index (χ0n) is 11.5. The highest BCUT2D eigenvalue weighted by molar-refractivity contribution is 5.94. The lowest BCUT2D eigenvalue weighted by Crippen LogP contribution is -2.26. The summed E-state index contributed by atoms with van der Waals surface area (Å²) in [5.41, 5.74) is 7.82. The number of nitrogen functional groups attached to an aromatic ring is 1. The van der Waals surface area contributed by atoms with Crippen LogP contribution in [-0.2, 0) is 0 Å². The lowest BCUT2D eigenvalue weighted by atomic mass is 10.1. The Balaban J connectivity index is 2.13. The first-order valence-corrected chi connectivity index (χ1v) is 6.40. The summed E-state index contributed by atoms with van der Waals surface area (Å²) >= 11 is 0. The third-order valence-corrected chi connectivity index (χ3v) is 3.15. The first-order chi connectivity index (χ1) is 9.47. The Bertz CT molecular complexity index is 640. The molecule has 3 N–H and O–H groups in total. The molecule has 0 aliphatic rings. The molecule has 4 heteroatoms. The lowest BCUT2D eigenvalue weighted by molar-refractivity contribution is 0.0939. The highest BCUT2D eigenvalue weighted by Gasteiger charge is 2.12. The van der Waals surface area contributed by atoms with Gasteiger partial charge in [-0.25, -0.2) is 4.39 Å². The molecule has 3 nitrogen and oxygen atoms in total. The molecule has 2 rings (SSSR count). The highest BCUT2D eigenvalue weighted by Crippen LogP contribution is 2.16. The van der Waals surface area contributed by atoms with E-state index < -0.39 is 5.82 Å². The molecular formula is C16H17FN2O. The van der Waals surface area contributed by atoms with Crippen molar-refractivity contribution in [3.05, 3.63) is 65.0 Å². The van der Waals surface area contributed by atoms with Crippen LogP contribution >= 0.6 is 0 Å². The third-order valence-electron chi connectivity index (χ3n) is 3.15. The predicted octanol–water partition coefficient (Wildman–Crippen LogP) is 3.21. The quantitative estimate of drug-likeness (QED) is 0.843. The van der Waals surface area contributed by atoms with E-state index in [9.17, 15) is 9.18 Å². The fourth-order valence-corrected chi connectivity index (χ4v) is 1.97. The average Bonchev–Trinajstić information content (AvgIpc) is 2.41. The number of halogens is 1. The summed E-state index contributed by atoms with van der Waals surface area (Å²) in [6.45, 7) is 3.88. The molecule has 1 atom stereocenters. The maximum atomic E-state index is 13.3. The normalized spacial score (nSPS) is 11.9. The van der Waals surface area contributed by atoms with Gasteiger partial charge in [0.2, 0.25) is 0 Å². The first-order valence-electron chi connectivity index (χ1n) is 6.40. The SMILES string of the molecule is Cc1cccc([C@@H](C)NC(=O)c2ccc(N)c(F)c2)c1. The Morgan fingerprint density at radius 1 is 1.25 bits per heavy atom. The number of nitrogens with one attached hydrogen (secondary N) is 1. The molecule has 2 aromatic carbocycles. The van der Waals surface area contributed by atoms with Gasteiger partial charge in [0, 0.05) is 5.56 Å². The Hall–Kier alpha value is -2.36. The van der Waals surface area contributed by atoms with E-state index in [4.69, 9.17) is 5.73 Å². The van der Waals surface area contributed by atoms with Crippen LogP contribution < -0.4 is 11.1 Å². The molecule has 0 aromatic heterocycles. The molecule has 104 valence electrons. The van der Waals surface area contributed by atoms with Crippen molar-refractivity contribution >= 4 is 11.6 Å². The molecular weight excluding hydrogens is 255 g/mol. The summed E-state index contributed by atoms with van der Waals surface area (Å²) < 4.78 is 13.3. The molecule has 0 radical (unpaired) electrons. The standard InChI is InChI=1S/C16H17FN2O/c1-10-4-3-5-12(8-10)11(2)19-16(20)13-6-7-15(18)14(17)9-13/h3-9,11H,18H2,1-2H3,(H,19,20)/t11-/m1/s1. The summed E-state index contributed by atoms with van der Waals surface area (Å²) in [6, 6.07) is 11.8. The third kappa shape index (κ3) is 3.15. The van der Waals surface area contributed by atoms with Gasteiger partial charge >= 0.3 is 0 Å². The van der Waals surface area contributed by atoms with E-state index in [1.807, 2.05) is 38.1 Å². The van der Waals surface area contributed by atoms with E-state index >= 15 is 0 Å². The summed E-state index contributed by atoms with van der Waals surface area (Å²) in [4.78, 5) is 12.1. The van der Waals surface area contributed by atoms with Crippen LogP contribution in [-0.4, -0.2) is 5.91 Å². The fraction of sp³-hybridized carbons (Fsp3) is 0.188. The summed E-state index contributed by atoms with van der Waals surface area (Å²) in [5, 5.41) is 2.84. The van der Waals surface area contributed by atoms with E-state index in [0.29, 0.717) is 0 Å². The molecule has 2 aromatic rings. The van der Waals surface area contributed by atoms with Crippen molar-refractivity contribution in [1.29, 1.82) is 0 Å². The van der Waals surface area contributed by atoms with Crippen molar-refractivity contribution in [2.24, 2.45) is 0 Å². The minimum absolute atomic E-state index is 0.0354. The molecule has 1 amide bonds. The van der Waals surface area contributed by atoms with Crippen LogP contribution in [0.5, 0.6) is 0 Å². The number of rotatable bonds is 3. The van der Waals surface area contributed by atoms with Gasteiger partial charge in [0.15, 0.2) is 0 Å². The fourth-order valence-electron chi connectivity index (χ4n) is 1.97. The second-order valence-electron chi connectivity index (χ2n) is 4.85. The number of hydrogen-bond donors (Lipinski definition) is 2. The number of benzene rings is 2. The van der Waals surface area contributed by atoms with Crippen molar-refractivity contribution in [1.82, 2.24) is 5.32 Å². The van der Waals surface area contributed by atoms with Crippen LogP contribution in [0.3, 0.4) is 0 Å². The van der Waals surface area contributed by atoms with E-state index in [0.717, 1.165) is 17.2 Å². The monoisotopic (exact) mass is 272 g/mol. The maximum Gasteiger partial charge on any atom is 0.251 e. The zero-order valence-corrected chi connectivity index (χ0v) is 11.5. The zero-order chi connectivity index (χ0) is 14.7. The van der Waals surface area contributed by atoms with Crippen LogP contribution in [0.4, 0.5) is 10.1 Å². The number of nitrogens with two attached hydrogens (primary N) is 1. The number of amides is 1. The average molecular weight is 272 g/mol. The molecule has 0 spiro atoms. The van der Waals surface area contributed by atoms with Gasteiger partial charge in [-0.1, -0.05) is 29.8 Å². The molecule has 0 aliphatic carbocycles. The molecule has 0 unspecified atom stereocenters. The van der Waals surface area contributed by atoms with Crippen LogP contribution in [0.25, 0.3) is 0 Å². The minimum Gasteiger partial charge on any atom is -0.396 e. The van der Waals surface area contributed by atoms with Gasteiger partial charge < -0.3 is 11.1 Å². The Morgan fingerprint density at radius 2 is 2.00 bits per heavy atom. The first kappa shape index (κ1) is 14.1. The Morgan fingerprint density at radius 3 is 2.65 bits per heavy atom. The molecule has 0 fully saturated rings. The lowest BCUT2D eigenvalue weighted by Gasteiger charge is -2.15. The number of aryl methyl sites for hydroxylation is 1. The second-order valence-corrected chi connectivity index (χ2v) is 4.85. The van der Waals surface area contributed by atoms with E-state index in [-0.39, 0.29) is 23.2 Å². The van der Waals surface area contributed by atoms with Crippen LogP contribution in [0, 0.1) is 12.7 Å². The second kappa shape index (κ2) is 5.74.